The molecule has 2 aromatic carbocycles. The number of hydrogen-bond donors (Lipinski definition) is 2. The highest BCUT2D eigenvalue weighted by Gasteiger charge is 2.00. The van der Waals surface area contributed by atoms with E-state index in [4.69, 9.17) is 17.0 Å². The van der Waals surface area contributed by atoms with E-state index < -0.39 is 0 Å². The normalized spacial score (nSPS) is 10.7. The van der Waals surface area contributed by atoms with E-state index in [9.17, 15) is 0 Å². The van der Waals surface area contributed by atoms with Gasteiger partial charge in [-0.2, -0.15) is 5.10 Å². The molecule has 2 aromatic rings. The Bertz CT molecular complexity index is 726. The summed E-state index contributed by atoms with van der Waals surface area (Å²) < 4.78 is 5.64. The van der Waals surface area contributed by atoms with Crippen LogP contribution in [-0.2, 0) is 0 Å². The number of hydrazone groups is 1. The predicted octanol–water partition coefficient (Wildman–Crippen LogP) is 4.80. The van der Waals surface area contributed by atoms with Crippen LogP contribution in [0.25, 0.3) is 0 Å². The Balaban J connectivity index is 1.82. The fourth-order valence-electron chi connectivity index (χ4n) is 2.25. The van der Waals surface area contributed by atoms with Gasteiger partial charge in [0, 0.05) is 5.69 Å². The lowest BCUT2D eigenvalue weighted by molar-refractivity contribution is 0.309. The molecule has 0 spiro atoms. The van der Waals surface area contributed by atoms with E-state index in [2.05, 4.69) is 35.8 Å². The number of nitrogens with zero attached hydrogens (tertiary/aromatic N) is 1. The van der Waals surface area contributed by atoms with E-state index in [0.717, 1.165) is 42.0 Å². The molecule has 0 radical (unpaired) electrons. The molecule has 2 rings (SSSR count). The molecule has 5 heteroatoms. The third-order valence-corrected chi connectivity index (χ3v) is 3.85. The minimum atomic E-state index is 0.461. The molecular formula is C20H25N3OS. The second kappa shape index (κ2) is 9.79. The minimum Gasteiger partial charge on any atom is -0.494 e. The third-order valence-electron chi connectivity index (χ3n) is 3.66. The summed E-state index contributed by atoms with van der Waals surface area (Å²) in [5.74, 6) is 0.880. The average molecular weight is 356 g/mol. The topological polar surface area (TPSA) is 45.6 Å². The Hall–Kier alpha value is -2.40. The first-order valence-corrected chi connectivity index (χ1v) is 8.89. The number of hydrogen-bond acceptors (Lipinski definition) is 3. The Morgan fingerprint density at radius 1 is 1.16 bits per heavy atom. The molecule has 0 saturated carbocycles. The van der Waals surface area contributed by atoms with Crippen LogP contribution >= 0.6 is 12.2 Å². The summed E-state index contributed by atoms with van der Waals surface area (Å²) in [5.41, 5.74) is 7.16. The number of unbranched alkanes of at least 4 members (excludes halogenated alkanes) is 1. The molecule has 0 heterocycles. The number of aryl methyl sites for hydroxylation is 2. The van der Waals surface area contributed by atoms with Crippen LogP contribution in [0.1, 0.15) is 36.5 Å². The molecule has 0 amide bonds. The quantitative estimate of drug-likeness (QED) is 0.324. The summed E-state index contributed by atoms with van der Waals surface area (Å²) in [6.45, 7) is 7.02. The molecule has 0 fully saturated rings. The van der Waals surface area contributed by atoms with Gasteiger partial charge in [-0.15, -0.1) is 0 Å². The highest BCUT2D eigenvalue weighted by Crippen LogP contribution is 2.15. The van der Waals surface area contributed by atoms with Gasteiger partial charge in [-0.05, 0) is 73.9 Å². The number of nitrogens with one attached hydrogen (secondary N) is 2. The van der Waals surface area contributed by atoms with Crippen molar-refractivity contribution >= 4 is 29.2 Å². The van der Waals surface area contributed by atoms with Gasteiger partial charge in [-0.3, -0.25) is 5.43 Å². The van der Waals surface area contributed by atoms with Crippen molar-refractivity contribution in [2.75, 3.05) is 11.9 Å². The van der Waals surface area contributed by atoms with Crippen LogP contribution in [-0.4, -0.2) is 17.9 Å². The molecule has 132 valence electrons. The van der Waals surface area contributed by atoms with Gasteiger partial charge in [-0.25, -0.2) is 0 Å². The summed E-state index contributed by atoms with van der Waals surface area (Å²) in [7, 11) is 0. The summed E-state index contributed by atoms with van der Waals surface area (Å²) >= 11 is 5.27. The van der Waals surface area contributed by atoms with Crippen molar-refractivity contribution in [3.63, 3.8) is 0 Å². The predicted molar refractivity (Wildman–Crippen MR) is 110 cm³/mol. The maximum atomic E-state index is 5.64. The minimum absolute atomic E-state index is 0.461. The van der Waals surface area contributed by atoms with E-state index >= 15 is 0 Å². The molecule has 0 unspecified atom stereocenters. The lowest BCUT2D eigenvalue weighted by Gasteiger charge is -2.10. The van der Waals surface area contributed by atoms with E-state index in [1.165, 1.54) is 5.56 Å². The van der Waals surface area contributed by atoms with Crippen LogP contribution in [0.4, 0.5) is 5.69 Å². The smallest absolute Gasteiger partial charge is 0.191 e. The van der Waals surface area contributed by atoms with Gasteiger partial charge in [0.1, 0.15) is 5.75 Å². The van der Waals surface area contributed by atoms with Crippen molar-refractivity contribution in [1.29, 1.82) is 0 Å². The molecule has 4 nitrogen and oxygen atoms in total. The highest BCUT2D eigenvalue weighted by atomic mass is 32.1. The first kappa shape index (κ1) is 18.9. The molecular weight excluding hydrogens is 330 g/mol. The van der Waals surface area contributed by atoms with Gasteiger partial charge in [0.15, 0.2) is 5.11 Å². The van der Waals surface area contributed by atoms with E-state index in [-0.39, 0.29) is 0 Å². The van der Waals surface area contributed by atoms with Crippen LogP contribution in [0.3, 0.4) is 0 Å². The molecule has 0 aliphatic rings. The summed E-state index contributed by atoms with van der Waals surface area (Å²) in [5, 5.41) is 7.78. The number of rotatable bonds is 7. The first-order chi connectivity index (χ1) is 12.1. The van der Waals surface area contributed by atoms with Crippen LogP contribution in [0.15, 0.2) is 47.6 Å². The Morgan fingerprint density at radius 2 is 1.92 bits per heavy atom. The van der Waals surface area contributed by atoms with Gasteiger partial charge in [0.2, 0.25) is 0 Å². The zero-order valence-corrected chi connectivity index (χ0v) is 15.8. The van der Waals surface area contributed by atoms with E-state index in [1.807, 2.05) is 43.3 Å². The second-order valence-corrected chi connectivity index (χ2v) is 6.32. The standard InChI is InChI=1S/C20H25N3OS/c1-4-5-12-24-18-9-7-17(8-10-18)14-21-23-20(25)22-19-11-6-15(2)13-16(19)3/h6-11,13-14H,4-5,12H2,1-3H3,(H2,22,23,25). The highest BCUT2D eigenvalue weighted by molar-refractivity contribution is 7.80. The van der Waals surface area contributed by atoms with E-state index in [1.54, 1.807) is 6.21 Å². The fourth-order valence-corrected chi connectivity index (χ4v) is 2.42. The molecule has 0 bridgehead atoms. The molecule has 0 aromatic heterocycles. The average Bonchev–Trinajstić information content (AvgIpc) is 2.59. The largest absolute Gasteiger partial charge is 0.494 e. The summed E-state index contributed by atoms with van der Waals surface area (Å²) in [6, 6.07) is 14.0. The maximum absolute atomic E-state index is 5.64. The van der Waals surface area contributed by atoms with Crippen LogP contribution in [0.2, 0.25) is 0 Å². The van der Waals surface area contributed by atoms with Gasteiger partial charge in [0.25, 0.3) is 0 Å². The second-order valence-electron chi connectivity index (χ2n) is 5.91. The Kier molecular flexibility index (Phi) is 7.41. The van der Waals surface area contributed by atoms with Gasteiger partial charge in [0.05, 0.1) is 12.8 Å². The van der Waals surface area contributed by atoms with Crippen molar-refractivity contribution < 1.29 is 4.74 Å². The monoisotopic (exact) mass is 355 g/mol. The number of ether oxygens (including phenoxy) is 1. The number of anilines is 1. The van der Waals surface area contributed by atoms with Crippen molar-refractivity contribution in [2.45, 2.75) is 33.6 Å². The van der Waals surface area contributed by atoms with Crippen molar-refractivity contribution in [2.24, 2.45) is 5.10 Å². The maximum Gasteiger partial charge on any atom is 0.191 e. The molecule has 0 saturated heterocycles. The first-order valence-electron chi connectivity index (χ1n) is 8.48. The molecule has 0 aliphatic heterocycles. The fraction of sp³-hybridized carbons (Fsp3) is 0.300. The lowest BCUT2D eigenvalue weighted by Crippen LogP contribution is -2.24. The molecule has 2 N–H and O–H groups in total. The van der Waals surface area contributed by atoms with Crippen molar-refractivity contribution in [1.82, 2.24) is 5.43 Å². The van der Waals surface area contributed by atoms with Crippen LogP contribution < -0.4 is 15.5 Å². The zero-order valence-electron chi connectivity index (χ0n) is 15.0. The Morgan fingerprint density at radius 3 is 2.60 bits per heavy atom. The van der Waals surface area contributed by atoms with Gasteiger partial charge in [-0.1, -0.05) is 31.0 Å². The summed E-state index contributed by atoms with van der Waals surface area (Å²) in [6.07, 6.45) is 3.93. The van der Waals surface area contributed by atoms with Crippen molar-refractivity contribution in [3.8, 4) is 5.75 Å². The number of benzene rings is 2. The number of thiocarbonyl (C=S) groups is 1. The SMILES string of the molecule is CCCCOc1ccc(C=NNC(=S)Nc2ccc(C)cc2C)cc1. The van der Waals surface area contributed by atoms with Gasteiger partial charge >= 0.3 is 0 Å². The van der Waals surface area contributed by atoms with E-state index in [0.29, 0.717) is 5.11 Å². The summed E-state index contributed by atoms with van der Waals surface area (Å²) in [4.78, 5) is 0. The van der Waals surface area contributed by atoms with Crippen LogP contribution in [0.5, 0.6) is 5.75 Å². The molecule has 0 aliphatic carbocycles. The molecule has 0 atom stereocenters. The molecule has 25 heavy (non-hydrogen) atoms. The van der Waals surface area contributed by atoms with Crippen molar-refractivity contribution in [3.05, 3.63) is 59.2 Å². The zero-order chi connectivity index (χ0) is 18.1. The van der Waals surface area contributed by atoms with Crippen LogP contribution in [0, 0.1) is 13.8 Å². The van der Waals surface area contributed by atoms with Gasteiger partial charge < -0.3 is 10.1 Å². The third kappa shape index (κ3) is 6.55. The lowest BCUT2D eigenvalue weighted by atomic mass is 10.1. The Labute approximate surface area is 155 Å².